The lowest BCUT2D eigenvalue weighted by Gasteiger charge is -2.45. The molecule has 0 radical (unpaired) electrons. The van der Waals surface area contributed by atoms with Gasteiger partial charge in [-0.3, -0.25) is 0 Å². The van der Waals surface area contributed by atoms with Crippen molar-refractivity contribution in [2.75, 3.05) is 9.80 Å². The van der Waals surface area contributed by atoms with E-state index in [9.17, 15) is 0 Å². The first kappa shape index (κ1) is 53.3. The Morgan fingerprint density at radius 2 is 0.635 bits per heavy atom. The normalized spacial score (nSPS) is 14.0. The molecule has 2 aliphatic rings. The maximum absolute atomic E-state index is 2.69. The molecule has 0 aliphatic carbocycles. The van der Waals surface area contributed by atoms with Gasteiger partial charge in [-0.2, -0.15) is 0 Å². The Labute approximate surface area is 503 Å². The van der Waals surface area contributed by atoms with Crippen LogP contribution in [0.15, 0.2) is 194 Å². The van der Waals surface area contributed by atoms with Crippen LogP contribution in [0.3, 0.4) is 0 Å². The van der Waals surface area contributed by atoms with Gasteiger partial charge >= 0.3 is 0 Å². The van der Waals surface area contributed by atoms with Crippen molar-refractivity contribution in [3.05, 3.63) is 222 Å². The van der Waals surface area contributed by atoms with Gasteiger partial charge in [0, 0.05) is 34.1 Å². The van der Waals surface area contributed by atoms with Crippen molar-refractivity contribution in [2.45, 2.75) is 131 Å². The van der Waals surface area contributed by atoms with Gasteiger partial charge in [0.25, 0.3) is 6.71 Å². The summed E-state index contributed by atoms with van der Waals surface area (Å²) in [5.74, 6) is 0. The van der Waals surface area contributed by atoms with Crippen molar-refractivity contribution < 1.29 is 0 Å². The molecule has 85 heavy (non-hydrogen) atoms. The standard InChI is InChI=1S/C82H77BN2/c1-78(2,3)61-42-62(79(4,5)6)45-65(44-61)84-71-38-58-32-51-22-18-16-20-49(51)30-56(58)36-69(71)83-70-37-57-31-50-21-17-19-23-52(50)33-59(57)39-72(70)85(66-46-63(80(7,8)9)43-64(47-66)81(10,11)12)74-41-60(40-73(84)77(74)83)55-34-53-25-24-48-27-29-68(82(13,14)15)67-28-26-54(35-55)75(53)76(48)67/h16-47H,1-15H3. The van der Waals surface area contributed by atoms with Gasteiger partial charge in [0.2, 0.25) is 0 Å². The van der Waals surface area contributed by atoms with Crippen molar-refractivity contribution in [3.63, 3.8) is 0 Å². The van der Waals surface area contributed by atoms with Crippen LogP contribution in [0.2, 0.25) is 0 Å². The van der Waals surface area contributed by atoms with Crippen LogP contribution in [-0.2, 0) is 27.1 Å². The zero-order valence-corrected chi connectivity index (χ0v) is 52.4. The van der Waals surface area contributed by atoms with Crippen LogP contribution in [0.5, 0.6) is 0 Å². The van der Waals surface area contributed by atoms with Crippen LogP contribution in [0.1, 0.15) is 132 Å². The summed E-state index contributed by atoms with van der Waals surface area (Å²) < 4.78 is 0. The van der Waals surface area contributed by atoms with E-state index in [0.29, 0.717) is 0 Å². The van der Waals surface area contributed by atoms with Crippen molar-refractivity contribution >= 4 is 133 Å². The predicted molar refractivity (Wildman–Crippen MR) is 373 cm³/mol. The van der Waals surface area contributed by atoms with Crippen LogP contribution in [0.25, 0.3) is 86.5 Å². The van der Waals surface area contributed by atoms with Crippen LogP contribution >= 0.6 is 0 Å². The third-order valence-corrected chi connectivity index (χ3v) is 19.3. The Morgan fingerprint density at radius 3 is 1.04 bits per heavy atom. The Kier molecular flexibility index (Phi) is 11.3. The zero-order valence-electron chi connectivity index (χ0n) is 52.4. The minimum Gasteiger partial charge on any atom is -0.311 e. The third kappa shape index (κ3) is 8.57. The highest BCUT2D eigenvalue weighted by Gasteiger charge is 2.45. The highest BCUT2D eigenvalue weighted by molar-refractivity contribution is 7.00. The van der Waals surface area contributed by atoms with E-state index in [1.54, 1.807) is 0 Å². The van der Waals surface area contributed by atoms with E-state index < -0.39 is 0 Å². The maximum Gasteiger partial charge on any atom is 0.252 e. The first-order valence-corrected chi connectivity index (χ1v) is 31.0. The summed E-state index contributed by atoms with van der Waals surface area (Å²) in [6.07, 6.45) is 0. The molecular formula is C82H77BN2. The quantitative estimate of drug-likeness (QED) is 0.0988. The number of fused-ring (bicyclic) bond motifs is 8. The molecule has 0 fully saturated rings. The first-order valence-electron chi connectivity index (χ1n) is 31.0. The monoisotopic (exact) mass is 1100 g/mol. The molecule has 2 heterocycles. The highest BCUT2D eigenvalue weighted by Crippen LogP contribution is 2.51. The van der Waals surface area contributed by atoms with Crippen molar-refractivity contribution in [3.8, 4) is 11.1 Å². The van der Waals surface area contributed by atoms with Crippen LogP contribution in [0, 0.1) is 0 Å². The van der Waals surface area contributed by atoms with Gasteiger partial charge in [-0.15, -0.1) is 0 Å². The Balaban J connectivity index is 1.12. The summed E-state index contributed by atoms with van der Waals surface area (Å²) in [4.78, 5) is 5.38. The molecule has 0 bridgehead atoms. The van der Waals surface area contributed by atoms with Gasteiger partial charge in [-0.25, -0.2) is 0 Å². The molecule has 418 valence electrons. The van der Waals surface area contributed by atoms with E-state index in [4.69, 9.17) is 0 Å². The average molecular weight is 1100 g/mol. The minimum atomic E-state index is -0.109. The molecule has 13 aromatic rings. The lowest BCUT2D eigenvalue weighted by molar-refractivity contribution is 0.568. The molecule has 0 saturated heterocycles. The second-order valence-electron chi connectivity index (χ2n) is 30.4. The molecule has 0 unspecified atom stereocenters. The summed E-state index contributed by atoms with van der Waals surface area (Å²) in [6, 6.07) is 77.0. The summed E-state index contributed by atoms with van der Waals surface area (Å²) in [7, 11) is 0. The minimum absolute atomic E-state index is 0.00503. The molecule has 13 aromatic carbocycles. The molecule has 2 aliphatic heterocycles. The van der Waals surface area contributed by atoms with E-state index in [2.05, 4.69) is 308 Å². The Hall–Kier alpha value is -8.40. The van der Waals surface area contributed by atoms with Gasteiger partial charge in [-0.05, 0) is 243 Å². The lowest BCUT2D eigenvalue weighted by Crippen LogP contribution is -2.61. The van der Waals surface area contributed by atoms with Gasteiger partial charge in [0.15, 0.2) is 0 Å². The molecule has 15 rings (SSSR count). The average Bonchev–Trinajstić information content (AvgIpc) is 0.863. The summed E-state index contributed by atoms with van der Waals surface area (Å²) in [5.41, 5.74) is 19.9. The zero-order chi connectivity index (χ0) is 59.2. The smallest absolute Gasteiger partial charge is 0.252 e. The number of hydrogen-bond donors (Lipinski definition) is 0. The molecule has 0 N–H and O–H groups in total. The van der Waals surface area contributed by atoms with E-state index in [1.807, 2.05) is 0 Å². The fraction of sp³-hybridized carbons (Fsp3) is 0.244. The summed E-state index contributed by atoms with van der Waals surface area (Å²) >= 11 is 0. The van der Waals surface area contributed by atoms with E-state index >= 15 is 0 Å². The molecule has 2 nitrogen and oxygen atoms in total. The molecule has 0 spiro atoms. The topological polar surface area (TPSA) is 6.48 Å². The van der Waals surface area contributed by atoms with Crippen molar-refractivity contribution in [1.82, 2.24) is 0 Å². The maximum atomic E-state index is 2.69. The second kappa shape index (κ2) is 18.1. The van der Waals surface area contributed by atoms with Crippen LogP contribution < -0.4 is 26.2 Å². The number of benzene rings is 13. The summed E-state index contributed by atoms with van der Waals surface area (Å²) in [5, 5.41) is 17.9. The third-order valence-electron chi connectivity index (χ3n) is 19.3. The first-order chi connectivity index (χ1) is 40.2. The predicted octanol–water partition coefficient (Wildman–Crippen LogP) is 21.4. The van der Waals surface area contributed by atoms with E-state index in [1.165, 1.54) is 165 Å². The molecular weight excluding hydrogens is 1020 g/mol. The van der Waals surface area contributed by atoms with Crippen molar-refractivity contribution in [2.24, 2.45) is 0 Å². The lowest BCUT2D eigenvalue weighted by atomic mass is 9.33. The number of rotatable bonds is 3. The van der Waals surface area contributed by atoms with E-state index in [-0.39, 0.29) is 33.8 Å². The largest absolute Gasteiger partial charge is 0.311 e. The van der Waals surface area contributed by atoms with Gasteiger partial charge in [-0.1, -0.05) is 213 Å². The molecule has 3 heteroatoms. The Bertz CT molecular complexity index is 4670. The fourth-order valence-corrected chi connectivity index (χ4v) is 14.4. The van der Waals surface area contributed by atoms with Crippen LogP contribution in [0.4, 0.5) is 34.1 Å². The van der Waals surface area contributed by atoms with Crippen molar-refractivity contribution in [1.29, 1.82) is 0 Å². The van der Waals surface area contributed by atoms with Gasteiger partial charge in [0.05, 0.1) is 0 Å². The van der Waals surface area contributed by atoms with Gasteiger partial charge < -0.3 is 9.80 Å². The number of anilines is 6. The molecule has 0 saturated carbocycles. The fourth-order valence-electron chi connectivity index (χ4n) is 14.4. The number of nitrogens with zero attached hydrogens (tertiary/aromatic N) is 2. The summed E-state index contributed by atoms with van der Waals surface area (Å²) in [6.45, 7) is 35.4. The Morgan fingerprint density at radius 1 is 0.271 bits per heavy atom. The molecule has 0 amide bonds. The highest BCUT2D eigenvalue weighted by atomic mass is 15.2. The second-order valence-corrected chi connectivity index (χ2v) is 30.4. The van der Waals surface area contributed by atoms with Gasteiger partial charge in [0.1, 0.15) is 0 Å². The van der Waals surface area contributed by atoms with E-state index in [0.717, 1.165) is 0 Å². The molecule has 0 aromatic heterocycles. The number of hydrogen-bond acceptors (Lipinski definition) is 2. The SMILES string of the molecule is CC(C)(C)c1cc(N2c3cc4cc5ccccc5cc4cc3B3c4cc5cc6ccccc6cc5cc4N(c4cc(C(C)(C)C)cc(C(C)(C)C)c4)c4cc(-c5cc6ccc7ccc(C(C)(C)C)c8ccc(c5)c6c78)cc2c43)cc(C(C)(C)C)c1. The van der Waals surface area contributed by atoms with Crippen LogP contribution in [-0.4, -0.2) is 6.71 Å². The molecule has 0 atom stereocenters.